The lowest BCUT2D eigenvalue weighted by Crippen LogP contribution is -2.26. The first-order valence-corrected chi connectivity index (χ1v) is 6.16. The van der Waals surface area contributed by atoms with E-state index < -0.39 is 0 Å². The number of carbonyl (C=O) groups is 1. The summed E-state index contributed by atoms with van der Waals surface area (Å²) in [6.07, 6.45) is 2.43. The van der Waals surface area contributed by atoms with Gasteiger partial charge in [0.25, 0.3) is 0 Å². The van der Waals surface area contributed by atoms with E-state index in [9.17, 15) is 4.79 Å². The lowest BCUT2D eigenvalue weighted by Gasteiger charge is -2.19. The van der Waals surface area contributed by atoms with E-state index in [1.165, 1.54) is 0 Å². The van der Waals surface area contributed by atoms with Crippen LogP contribution in [0, 0.1) is 0 Å². The van der Waals surface area contributed by atoms with Crippen LogP contribution in [0.25, 0.3) is 0 Å². The second kappa shape index (κ2) is 6.84. The van der Waals surface area contributed by atoms with Crippen LogP contribution in [0.1, 0.15) is 38.8 Å². The number of rotatable bonds is 5. The number of methoxy groups -OCH3 is 1. The summed E-state index contributed by atoms with van der Waals surface area (Å²) in [4.78, 5) is 11.8. The Hall–Kier alpha value is -1.77. The Morgan fingerprint density at radius 2 is 2.06 bits per heavy atom. The summed E-state index contributed by atoms with van der Waals surface area (Å²) in [6, 6.07) is 7.74. The van der Waals surface area contributed by atoms with Gasteiger partial charge in [0.2, 0.25) is 5.91 Å². The van der Waals surface area contributed by atoms with Gasteiger partial charge in [-0.25, -0.2) is 0 Å². The zero-order chi connectivity index (χ0) is 13.5. The fourth-order valence-corrected chi connectivity index (χ4v) is 1.83. The van der Waals surface area contributed by atoms with Gasteiger partial charge in [0, 0.05) is 11.6 Å². The number of benzene rings is 1. The molecule has 0 aliphatic heterocycles. The van der Waals surface area contributed by atoms with Crippen molar-refractivity contribution in [2.45, 2.75) is 33.2 Å². The Labute approximate surface area is 109 Å². The predicted octanol–water partition coefficient (Wildman–Crippen LogP) is 3.23. The highest BCUT2D eigenvalue weighted by atomic mass is 16.5. The van der Waals surface area contributed by atoms with Crippen LogP contribution < -0.4 is 10.1 Å². The maximum Gasteiger partial charge on any atom is 0.244 e. The van der Waals surface area contributed by atoms with Gasteiger partial charge in [-0.15, -0.1) is 0 Å². The van der Waals surface area contributed by atoms with E-state index >= 15 is 0 Å². The van der Waals surface area contributed by atoms with Gasteiger partial charge in [-0.2, -0.15) is 0 Å². The minimum atomic E-state index is -0.0623. The molecule has 0 aromatic heterocycles. The molecule has 0 unspecified atom stereocenters. The molecule has 0 saturated carbocycles. The SMILES string of the molecule is CC[C@H](NC(=O)C=C(C)C)c1ccccc1OC. The highest BCUT2D eigenvalue weighted by Gasteiger charge is 2.15. The Morgan fingerprint density at radius 3 is 2.61 bits per heavy atom. The lowest BCUT2D eigenvalue weighted by atomic mass is 10.0. The molecular weight excluding hydrogens is 226 g/mol. The van der Waals surface area contributed by atoms with Gasteiger partial charge >= 0.3 is 0 Å². The maximum absolute atomic E-state index is 11.8. The predicted molar refractivity (Wildman–Crippen MR) is 73.6 cm³/mol. The van der Waals surface area contributed by atoms with Crippen molar-refractivity contribution in [2.24, 2.45) is 0 Å². The van der Waals surface area contributed by atoms with Crippen molar-refractivity contribution < 1.29 is 9.53 Å². The zero-order valence-corrected chi connectivity index (χ0v) is 11.5. The van der Waals surface area contributed by atoms with Crippen molar-refractivity contribution in [3.63, 3.8) is 0 Å². The van der Waals surface area contributed by atoms with E-state index in [2.05, 4.69) is 5.32 Å². The van der Waals surface area contributed by atoms with Crippen molar-refractivity contribution in [2.75, 3.05) is 7.11 Å². The molecule has 3 nitrogen and oxygen atoms in total. The Kier molecular flexibility index (Phi) is 5.43. The molecule has 1 atom stereocenters. The zero-order valence-electron chi connectivity index (χ0n) is 11.5. The molecule has 18 heavy (non-hydrogen) atoms. The molecule has 1 rings (SSSR count). The quantitative estimate of drug-likeness (QED) is 0.811. The summed E-state index contributed by atoms with van der Waals surface area (Å²) in [5, 5.41) is 2.99. The van der Waals surface area contributed by atoms with Crippen LogP contribution in [0.2, 0.25) is 0 Å². The maximum atomic E-state index is 11.8. The molecule has 0 aliphatic carbocycles. The second-order valence-corrected chi connectivity index (χ2v) is 4.43. The van der Waals surface area contributed by atoms with E-state index in [1.807, 2.05) is 45.0 Å². The normalized spacial score (nSPS) is 11.6. The van der Waals surface area contributed by atoms with Crippen LogP contribution >= 0.6 is 0 Å². The van der Waals surface area contributed by atoms with Gasteiger partial charge in [0.15, 0.2) is 0 Å². The van der Waals surface area contributed by atoms with E-state index in [0.29, 0.717) is 0 Å². The van der Waals surface area contributed by atoms with Gasteiger partial charge in [0.05, 0.1) is 13.2 Å². The fourth-order valence-electron chi connectivity index (χ4n) is 1.83. The number of nitrogens with one attached hydrogen (secondary N) is 1. The number of ether oxygens (including phenoxy) is 1. The monoisotopic (exact) mass is 247 g/mol. The third-order valence-corrected chi connectivity index (χ3v) is 2.66. The molecule has 0 saturated heterocycles. The van der Waals surface area contributed by atoms with Crippen molar-refractivity contribution in [3.8, 4) is 5.75 Å². The summed E-state index contributed by atoms with van der Waals surface area (Å²) < 4.78 is 5.32. The second-order valence-electron chi connectivity index (χ2n) is 4.43. The molecule has 0 heterocycles. The van der Waals surface area contributed by atoms with Crippen molar-refractivity contribution >= 4 is 5.91 Å². The third kappa shape index (κ3) is 3.91. The summed E-state index contributed by atoms with van der Waals surface area (Å²) >= 11 is 0. The minimum Gasteiger partial charge on any atom is -0.496 e. The number of amides is 1. The Bertz CT molecular complexity index is 434. The van der Waals surface area contributed by atoms with Crippen LogP contribution in [-0.2, 0) is 4.79 Å². The average Bonchev–Trinajstić information content (AvgIpc) is 2.35. The van der Waals surface area contributed by atoms with Gasteiger partial charge in [0.1, 0.15) is 5.75 Å². The number of carbonyl (C=O) groups excluding carboxylic acids is 1. The molecule has 0 fully saturated rings. The van der Waals surface area contributed by atoms with E-state index in [1.54, 1.807) is 13.2 Å². The Balaban J connectivity index is 2.89. The molecule has 1 aromatic carbocycles. The molecule has 98 valence electrons. The topological polar surface area (TPSA) is 38.3 Å². The average molecular weight is 247 g/mol. The minimum absolute atomic E-state index is 0.0238. The first kappa shape index (κ1) is 14.3. The van der Waals surface area contributed by atoms with E-state index in [4.69, 9.17) is 4.74 Å². The van der Waals surface area contributed by atoms with Crippen molar-refractivity contribution in [1.29, 1.82) is 0 Å². The van der Waals surface area contributed by atoms with Crippen LogP contribution in [-0.4, -0.2) is 13.0 Å². The largest absolute Gasteiger partial charge is 0.496 e. The number of para-hydroxylation sites is 1. The smallest absolute Gasteiger partial charge is 0.244 e. The summed E-state index contributed by atoms with van der Waals surface area (Å²) in [5.74, 6) is 0.745. The van der Waals surface area contributed by atoms with Crippen molar-refractivity contribution in [1.82, 2.24) is 5.32 Å². The molecule has 0 spiro atoms. The first-order valence-electron chi connectivity index (χ1n) is 6.16. The molecule has 1 aromatic rings. The summed E-state index contributed by atoms with van der Waals surface area (Å²) in [7, 11) is 1.64. The molecule has 3 heteroatoms. The van der Waals surface area contributed by atoms with Crippen LogP contribution in [0.3, 0.4) is 0 Å². The number of allylic oxidation sites excluding steroid dienone is 1. The molecule has 0 aliphatic rings. The third-order valence-electron chi connectivity index (χ3n) is 2.66. The molecule has 1 N–H and O–H groups in total. The molecule has 0 bridgehead atoms. The molecule has 0 radical (unpaired) electrons. The Morgan fingerprint density at radius 1 is 1.39 bits per heavy atom. The van der Waals surface area contributed by atoms with E-state index in [0.717, 1.165) is 23.3 Å². The summed E-state index contributed by atoms with van der Waals surface area (Å²) in [5.41, 5.74) is 2.00. The fraction of sp³-hybridized carbons (Fsp3) is 0.400. The van der Waals surface area contributed by atoms with Gasteiger partial charge < -0.3 is 10.1 Å². The lowest BCUT2D eigenvalue weighted by molar-refractivity contribution is -0.117. The number of hydrogen-bond acceptors (Lipinski definition) is 2. The summed E-state index contributed by atoms with van der Waals surface area (Å²) in [6.45, 7) is 5.85. The highest BCUT2D eigenvalue weighted by molar-refractivity contribution is 5.88. The van der Waals surface area contributed by atoms with Crippen LogP contribution in [0.15, 0.2) is 35.9 Å². The van der Waals surface area contributed by atoms with Crippen LogP contribution in [0.5, 0.6) is 5.75 Å². The van der Waals surface area contributed by atoms with Gasteiger partial charge in [-0.3, -0.25) is 4.79 Å². The van der Waals surface area contributed by atoms with E-state index in [-0.39, 0.29) is 11.9 Å². The highest BCUT2D eigenvalue weighted by Crippen LogP contribution is 2.26. The molecule has 1 amide bonds. The van der Waals surface area contributed by atoms with Gasteiger partial charge in [-0.05, 0) is 26.3 Å². The molecular formula is C15H21NO2. The first-order chi connectivity index (χ1) is 8.58. The van der Waals surface area contributed by atoms with Crippen LogP contribution in [0.4, 0.5) is 0 Å². The van der Waals surface area contributed by atoms with Crippen molar-refractivity contribution in [3.05, 3.63) is 41.5 Å². The number of hydrogen-bond donors (Lipinski definition) is 1. The van der Waals surface area contributed by atoms with Gasteiger partial charge in [-0.1, -0.05) is 30.7 Å². The standard InChI is InChI=1S/C15H21NO2/c1-5-13(16-15(17)10-11(2)3)12-8-6-7-9-14(12)18-4/h6-10,13H,5H2,1-4H3,(H,16,17)/t13-/m0/s1.